The third-order valence-electron chi connectivity index (χ3n) is 13.0. The van der Waals surface area contributed by atoms with Crippen molar-refractivity contribution in [3.63, 3.8) is 0 Å². The van der Waals surface area contributed by atoms with E-state index in [2.05, 4.69) is 5.32 Å². The summed E-state index contributed by atoms with van der Waals surface area (Å²) < 4.78 is 160. The molecule has 4 saturated heterocycles. The molecule has 0 aromatic heterocycles. The zero-order valence-electron chi connectivity index (χ0n) is 46.8. The van der Waals surface area contributed by atoms with Crippen molar-refractivity contribution < 1.29 is 176 Å². The maximum Gasteiger partial charge on any atom is 0.474 e. The van der Waals surface area contributed by atoms with Crippen LogP contribution in [-0.4, -0.2) is 282 Å². The SMILES string of the molecule is CC(=O)NC1[C@H](OCCOP(=O)(O)OCOCC(COCO[PH](=O)OCCO[C@@H]2OC(CO)[C@H](O)[C@H](O)C2C)(COP(=O)(O)OCCO[C@@H]2OC(CO)[C@H](O)[C@H](O)C2C)COP(=O)(O)OC[C@H]2O[C@@H](C)C[C@@H]2OP(C)(=O)O)OC(CO)[C@H](O)[C@@H]1O. The average Bonchev–Trinajstić information content (AvgIpc) is 2.97. The van der Waals surface area contributed by atoms with E-state index in [0.29, 0.717) is 0 Å². The Balaban J connectivity index is 1.48. The van der Waals surface area contributed by atoms with E-state index >= 15 is 0 Å². The highest BCUT2D eigenvalue weighted by atomic mass is 31.2. The first kappa shape index (κ1) is 76.8. The fourth-order valence-electron chi connectivity index (χ4n) is 8.50. The first-order valence-corrected chi connectivity index (χ1v) is 33.9. The van der Waals surface area contributed by atoms with E-state index in [-0.39, 0.29) is 13.0 Å². The smallest absolute Gasteiger partial charge is 0.394 e. The van der Waals surface area contributed by atoms with Gasteiger partial charge >= 0.3 is 39.3 Å². The van der Waals surface area contributed by atoms with Gasteiger partial charge < -0.3 is 123 Å². The Bertz CT molecular complexity index is 2210. The number of carbonyl (C=O) groups is 1. The number of hydrogen-bond donors (Lipinski definition) is 14. The lowest BCUT2D eigenvalue weighted by Gasteiger charge is -2.42. The first-order valence-electron chi connectivity index (χ1n) is 26.2. The number of carbonyl (C=O) groups excluding carboxylic acids is 1. The fraction of sp³-hybridized carbons (Fsp3) is 0.976. The van der Waals surface area contributed by atoms with Crippen molar-refractivity contribution in [2.24, 2.45) is 17.3 Å². The molecule has 24 atom stereocenters. The van der Waals surface area contributed by atoms with E-state index in [4.69, 9.17) is 83.3 Å². The molecule has 85 heavy (non-hydrogen) atoms. The fourth-order valence-corrected chi connectivity index (χ4v) is 12.0. The van der Waals surface area contributed by atoms with Gasteiger partial charge in [-0.3, -0.25) is 45.6 Å². The molecule has 0 aromatic carbocycles. The van der Waals surface area contributed by atoms with Crippen LogP contribution in [0, 0.1) is 17.3 Å². The van der Waals surface area contributed by atoms with Crippen LogP contribution in [0.3, 0.4) is 0 Å². The topological polar surface area (TPSA) is 544 Å². The molecule has 0 radical (unpaired) electrons. The maximum atomic E-state index is 13.5. The molecule has 4 aliphatic heterocycles. The Morgan fingerprint density at radius 3 is 1.49 bits per heavy atom. The van der Waals surface area contributed by atoms with Crippen molar-refractivity contribution in [3.05, 3.63) is 0 Å². The van der Waals surface area contributed by atoms with Gasteiger partial charge in [0.05, 0.1) is 122 Å². The second-order valence-electron chi connectivity index (χ2n) is 20.1. The number of aliphatic hydroxyl groups excluding tert-OH is 9. The average molecular weight is 1350 g/mol. The van der Waals surface area contributed by atoms with Crippen LogP contribution >= 0.6 is 39.3 Å². The molecular weight excluding hydrogens is 1270 g/mol. The zero-order chi connectivity index (χ0) is 63.5. The van der Waals surface area contributed by atoms with Crippen molar-refractivity contribution in [1.82, 2.24) is 5.32 Å². The minimum absolute atomic E-state index is 0.0724. The molecule has 502 valence electrons. The quantitative estimate of drug-likeness (QED) is 0.0159. The summed E-state index contributed by atoms with van der Waals surface area (Å²) >= 11 is 0. The van der Waals surface area contributed by atoms with E-state index in [1.165, 1.54) is 13.8 Å². The number of hydrogen-bond acceptors (Lipinski definition) is 33. The van der Waals surface area contributed by atoms with E-state index in [1.807, 2.05) is 0 Å². The Hall–Kier alpha value is -0.620. The van der Waals surface area contributed by atoms with Crippen molar-refractivity contribution >= 4 is 45.2 Å². The molecule has 43 heteroatoms. The Labute approximate surface area is 488 Å². The van der Waals surface area contributed by atoms with E-state index < -0.39 is 260 Å². The Morgan fingerprint density at radius 2 is 1.00 bits per heavy atom. The van der Waals surface area contributed by atoms with E-state index in [0.717, 1.165) is 13.6 Å². The molecule has 14 N–H and O–H groups in total. The molecular formula is C42H82NO37P5. The second-order valence-corrected chi connectivity index (χ2v) is 27.3. The summed E-state index contributed by atoms with van der Waals surface area (Å²) in [6.45, 7) is -5.98. The van der Waals surface area contributed by atoms with E-state index in [9.17, 15) is 93.2 Å². The lowest BCUT2D eigenvalue weighted by Crippen LogP contribution is -2.64. The molecule has 4 heterocycles. The number of amides is 1. The predicted molar refractivity (Wildman–Crippen MR) is 277 cm³/mol. The van der Waals surface area contributed by atoms with Crippen molar-refractivity contribution in [1.29, 1.82) is 0 Å². The molecule has 4 aliphatic rings. The maximum absolute atomic E-state index is 13.5. The van der Waals surface area contributed by atoms with Gasteiger partial charge in [-0.05, 0) is 6.92 Å². The molecule has 0 aliphatic carbocycles. The summed E-state index contributed by atoms with van der Waals surface area (Å²) in [4.78, 5) is 53.8. The number of phosphoric ester groups is 3. The number of aliphatic hydroxyl groups is 9. The van der Waals surface area contributed by atoms with Crippen LogP contribution in [-0.2, 0) is 111 Å². The van der Waals surface area contributed by atoms with Crippen molar-refractivity contribution in [2.75, 3.05) is 113 Å². The van der Waals surface area contributed by atoms with Gasteiger partial charge in [-0.2, -0.15) is 0 Å². The van der Waals surface area contributed by atoms with Crippen LogP contribution in [0.15, 0.2) is 0 Å². The van der Waals surface area contributed by atoms with Crippen LogP contribution in [0.5, 0.6) is 0 Å². The molecule has 12 unspecified atom stereocenters. The summed E-state index contributed by atoms with van der Waals surface area (Å²) in [6.07, 6.45) is -19.4. The summed E-state index contributed by atoms with van der Waals surface area (Å²) in [5.74, 6) is -2.30. The molecule has 38 nitrogen and oxygen atoms in total. The third-order valence-corrected chi connectivity index (χ3v) is 17.3. The van der Waals surface area contributed by atoms with Gasteiger partial charge in [0.1, 0.15) is 54.9 Å². The highest BCUT2D eigenvalue weighted by molar-refractivity contribution is 7.52. The standard InChI is InChI=1S/C42H82NO37P5/c1-23-12-27(80-82(5,55)56)31(76-23)16-72-85(61,62)74-20-42(19-73-83(57,58)70-10-7-66-40-25(3)34(49)36(51)29(14-45)78-40,17-63-21-69-81(54)68-9-6-65-39-24(2)33(48)35(50)28(13-44)77-39)18-64-22-75-84(59,60)71-11-8-67-41-32(43-26(4)47)38(53)37(52)30(15-46)79-41/h23-25,27-41,44-46,48-53,81H,6-22H2,1-5H3,(H,43,47)(H,55,56)(H,57,58)(H,59,60)(H,61,62)/t23-,24?,25?,27-,28?,29?,30?,31+,32?,33+,34+,35-,36-,37-,38+,39+,40+,41+,42?/m0/s1. The van der Waals surface area contributed by atoms with Crippen molar-refractivity contribution in [3.8, 4) is 0 Å². The van der Waals surface area contributed by atoms with Crippen LogP contribution in [0.4, 0.5) is 0 Å². The van der Waals surface area contributed by atoms with Gasteiger partial charge in [-0.1, -0.05) is 13.8 Å². The minimum atomic E-state index is -5.32. The van der Waals surface area contributed by atoms with Gasteiger partial charge in [0.25, 0.3) is 0 Å². The lowest BCUT2D eigenvalue weighted by atomic mass is 9.92. The molecule has 0 bridgehead atoms. The second kappa shape index (κ2) is 36.0. The van der Waals surface area contributed by atoms with Crippen molar-refractivity contribution in [2.45, 2.75) is 132 Å². The number of rotatable bonds is 40. The number of ether oxygens (including phenoxy) is 9. The summed E-state index contributed by atoms with van der Waals surface area (Å²) in [6, 6.07) is -1.37. The molecule has 1 amide bonds. The summed E-state index contributed by atoms with van der Waals surface area (Å²) in [7, 11) is -23.3. The van der Waals surface area contributed by atoms with Gasteiger partial charge in [0.2, 0.25) is 5.91 Å². The molecule has 0 spiro atoms. The van der Waals surface area contributed by atoms with Gasteiger partial charge in [-0.25, -0.2) is 13.7 Å². The zero-order valence-corrected chi connectivity index (χ0v) is 51.4. The van der Waals surface area contributed by atoms with Crippen LogP contribution in [0.25, 0.3) is 0 Å². The monoisotopic (exact) mass is 1350 g/mol. The van der Waals surface area contributed by atoms with E-state index in [1.54, 1.807) is 6.92 Å². The van der Waals surface area contributed by atoms with Gasteiger partial charge in [-0.15, -0.1) is 0 Å². The van der Waals surface area contributed by atoms with Gasteiger partial charge in [0, 0.05) is 31.8 Å². The van der Waals surface area contributed by atoms with Crippen LogP contribution in [0.1, 0.15) is 34.1 Å². The largest absolute Gasteiger partial charge is 0.474 e. The molecule has 0 saturated carbocycles. The summed E-state index contributed by atoms with van der Waals surface area (Å²) in [5.41, 5.74) is -2.20. The first-order chi connectivity index (χ1) is 39.8. The Morgan fingerprint density at radius 1 is 0.553 bits per heavy atom. The predicted octanol–water partition coefficient (Wildman–Crippen LogP) is -3.73. The molecule has 0 aromatic rings. The number of phosphoric acid groups is 3. The third kappa shape index (κ3) is 25.8. The highest BCUT2D eigenvalue weighted by Gasteiger charge is 2.48. The summed E-state index contributed by atoms with van der Waals surface area (Å²) in [5, 5.41) is 92.6. The van der Waals surface area contributed by atoms with Crippen LogP contribution < -0.4 is 5.32 Å². The normalized spacial score (nSPS) is 35.9. The van der Waals surface area contributed by atoms with Gasteiger partial charge in [0.15, 0.2) is 32.5 Å². The molecule has 4 rings (SSSR count). The molecule has 4 fully saturated rings. The number of nitrogens with one attached hydrogen (secondary N) is 1. The lowest BCUT2D eigenvalue weighted by molar-refractivity contribution is -0.283. The Kier molecular flexibility index (Phi) is 32.5. The van der Waals surface area contributed by atoms with Crippen LogP contribution in [0.2, 0.25) is 0 Å². The highest BCUT2D eigenvalue weighted by Crippen LogP contribution is 2.50. The minimum Gasteiger partial charge on any atom is -0.394 e.